The molecule has 3 rings (SSSR count). The molecule has 0 spiro atoms. The van der Waals surface area contributed by atoms with Crippen LogP contribution in [-0.4, -0.2) is 32.0 Å². The summed E-state index contributed by atoms with van der Waals surface area (Å²) in [6.07, 6.45) is -1.95. The highest BCUT2D eigenvalue weighted by Gasteiger charge is 2.37. The molecule has 12 heteroatoms. The molecular formula is C16H10ClF6N5. The van der Waals surface area contributed by atoms with E-state index in [9.17, 15) is 26.3 Å². The Kier molecular flexibility index (Phi) is 5.20. The van der Waals surface area contributed by atoms with Crippen LogP contribution < -0.4 is 5.32 Å². The van der Waals surface area contributed by atoms with Crippen molar-refractivity contribution < 1.29 is 26.3 Å². The van der Waals surface area contributed by atoms with Crippen LogP contribution in [0.4, 0.5) is 32.2 Å². The summed E-state index contributed by atoms with van der Waals surface area (Å²) < 4.78 is 81.8. The molecule has 1 N–H and O–H groups in total. The van der Waals surface area contributed by atoms with Gasteiger partial charge in [-0.1, -0.05) is 11.6 Å². The average Bonchev–Trinajstić information content (AvgIpc) is 3.09. The lowest BCUT2D eigenvalue weighted by molar-refractivity contribution is -0.138. The highest BCUT2D eigenvalue weighted by molar-refractivity contribution is 6.32. The van der Waals surface area contributed by atoms with E-state index in [1.165, 1.54) is 18.5 Å². The molecule has 0 saturated heterocycles. The summed E-state index contributed by atoms with van der Waals surface area (Å²) in [5.41, 5.74) is -1.45. The number of anilines is 1. The Bertz CT molecular complexity index is 982. The van der Waals surface area contributed by atoms with Crippen molar-refractivity contribution in [3.05, 3.63) is 53.2 Å². The van der Waals surface area contributed by atoms with Gasteiger partial charge in [0.15, 0.2) is 0 Å². The molecule has 0 aliphatic heterocycles. The maximum atomic E-state index is 14.2. The van der Waals surface area contributed by atoms with E-state index < -0.39 is 51.8 Å². The van der Waals surface area contributed by atoms with Gasteiger partial charge in [0.2, 0.25) is 0 Å². The molecule has 148 valence electrons. The highest BCUT2D eigenvalue weighted by Crippen LogP contribution is 2.38. The number of benzene rings is 1. The summed E-state index contributed by atoms with van der Waals surface area (Å²) in [6, 6.07) is 0.0881. The zero-order valence-electron chi connectivity index (χ0n) is 13.9. The number of alkyl halides is 3. The lowest BCUT2D eigenvalue weighted by atomic mass is 10.1. The standard InChI is InChI=1S/C16H10ClF6N5/c1-7(16(21,22)23)25-14-12(11-9(19)5-8(18)6-10(11)20)13(17)26-15(27-14)28-4-2-3-24-28/h2-7H,1H3,(H,25,26,27)/t7-/m1/s1. The number of hydrogen-bond acceptors (Lipinski definition) is 4. The van der Waals surface area contributed by atoms with E-state index in [2.05, 4.69) is 15.1 Å². The molecule has 2 heterocycles. The summed E-state index contributed by atoms with van der Waals surface area (Å²) in [6.45, 7) is 0.782. The normalized spacial score (nSPS) is 12.9. The summed E-state index contributed by atoms with van der Waals surface area (Å²) in [5, 5.41) is 5.31. The number of halogens is 7. The molecule has 0 unspecified atom stereocenters. The third kappa shape index (κ3) is 3.88. The molecule has 0 fully saturated rings. The molecule has 0 aliphatic rings. The van der Waals surface area contributed by atoms with Crippen LogP contribution >= 0.6 is 11.6 Å². The Morgan fingerprint density at radius 2 is 1.71 bits per heavy atom. The van der Waals surface area contributed by atoms with Gasteiger partial charge in [-0.05, 0) is 13.0 Å². The van der Waals surface area contributed by atoms with Crippen LogP contribution in [-0.2, 0) is 0 Å². The lowest BCUT2D eigenvalue weighted by Gasteiger charge is -2.21. The highest BCUT2D eigenvalue weighted by atomic mass is 35.5. The second-order valence-corrected chi connectivity index (χ2v) is 6.00. The van der Waals surface area contributed by atoms with Gasteiger partial charge in [0, 0.05) is 24.5 Å². The first-order valence-electron chi connectivity index (χ1n) is 7.63. The van der Waals surface area contributed by atoms with Crippen molar-refractivity contribution in [1.82, 2.24) is 19.7 Å². The first-order valence-corrected chi connectivity index (χ1v) is 8.01. The molecule has 2 aromatic heterocycles. The number of nitrogens with one attached hydrogen (secondary N) is 1. The molecule has 0 bridgehead atoms. The number of hydrogen-bond donors (Lipinski definition) is 1. The second kappa shape index (κ2) is 7.30. The van der Waals surface area contributed by atoms with Gasteiger partial charge in [-0.25, -0.2) is 17.9 Å². The van der Waals surface area contributed by atoms with E-state index >= 15 is 0 Å². The molecule has 0 aliphatic carbocycles. The van der Waals surface area contributed by atoms with Crippen molar-refractivity contribution in [3.8, 4) is 17.1 Å². The van der Waals surface area contributed by atoms with E-state index in [4.69, 9.17) is 11.6 Å². The summed E-state index contributed by atoms with van der Waals surface area (Å²) in [7, 11) is 0. The minimum Gasteiger partial charge on any atom is -0.358 e. The summed E-state index contributed by atoms with van der Waals surface area (Å²) in [4.78, 5) is 7.71. The molecule has 3 aromatic rings. The third-order valence-electron chi connectivity index (χ3n) is 3.66. The fourth-order valence-corrected chi connectivity index (χ4v) is 2.57. The van der Waals surface area contributed by atoms with Gasteiger partial charge in [-0.15, -0.1) is 0 Å². The monoisotopic (exact) mass is 421 g/mol. The zero-order chi connectivity index (χ0) is 20.6. The lowest BCUT2D eigenvalue weighted by Crippen LogP contribution is -2.34. The molecule has 0 radical (unpaired) electrons. The predicted octanol–water partition coefficient (Wildman–Crippen LogP) is 4.76. The Morgan fingerprint density at radius 1 is 1.07 bits per heavy atom. The van der Waals surface area contributed by atoms with Crippen molar-refractivity contribution in [2.24, 2.45) is 0 Å². The number of rotatable bonds is 4. The topological polar surface area (TPSA) is 55.6 Å². The maximum Gasteiger partial charge on any atom is 0.408 e. The van der Waals surface area contributed by atoms with Crippen LogP contribution in [0.25, 0.3) is 17.1 Å². The van der Waals surface area contributed by atoms with Crippen LogP contribution in [0.2, 0.25) is 5.15 Å². The van der Waals surface area contributed by atoms with E-state index in [0.717, 1.165) is 11.6 Å². The first kappa shape index (κ1) is 19.9. The van der Waals surface area contributed by atoms with E-state index in [-0.39, 0.29) is 5.95 Å². The van der Waals surface area contributed by atoms with Gasteiger partial charge in [-0.2, -0.15) is 28.2 Å². The van der Waals surface area contributed by atoms with Gasteiger partial charge in [0.25, 0.3) is 5.95 Å². The third-order valence-corrected chi connectivity index (χ3v) is 3.94. The Balaban J connectivity index is 2.24. The van der Waals surface area contributed by atoms with Crippen molar-refractivity contribution in [3.63, 3.8) is 0 Å². The molecule has 0 amide bonds. The Labute approximate surface area is 159 Å². The largest absolute Gasteiger partial charge is 0.408 e. The van der Waals surface area contributed by atoms with Crippen LogP contribution in [0.3, 0.4) is 0 Å². The Morgan fingerprint density at radius 3 is 2.25 bits per heavy atom. The van der Waals surface area contributed by atoms with E-state index in [0.29, 0.717) is 12.1 Å². The average molecular weight is 422 g/mol. The molecule has 1 atom stereocenters. The molecular weight excluding hydrogens is 412 g/mol. The molecule has 0 saturated carbocycles. The SMILES string of the molecule is C[C@@H](Nc1nc(-n2cccn2)nc(Cl)c1-c1c(F)cc(F)cc1F)C(F)(F)F. The summed E-state index contributed by atoms with van der Waals surface area (Å²) >= 11 is 6.03. The van der Waals surface area contributed by atoms with Crippen LogP contribution in [0.1, 0.15) is 6.92 Å². The van der Waals surface area contributed by atoms with Crippen LogP contribution in [0, 0.1) is 17.5 Å². The fraction of sp³-hybridized carbons (Fsp3) is 0.188. The number of nitrogens with zero attached hydrogens (tertiary/aromatic N) is 4. The van der Waals surface area contributed by atoms with Gasteiger partial charge < -0.3 is 5.32 Å². The molecule has 5 nitrogen and oxygen atoms in total. The van der Waals surface area contributed by atoms with Crippen molar-refractivity contribution in [2.75, 3.05) is 5.32 Å². The number of aromatic nitrogens is 4. The van der Waals surface area contributed by atoms with Crippen molar-refractivity contribution >= 4 is 17.4 Å². The van der Waals surface area contributed by atoms with Gasteiger partial charge in [0.1, 0.15) is 34.5 Å². The van der Waals surface area contributed by atoms with Gasteiger partial charge in [0.05, 0.1) is 11.1 Å². The van der Waals surface area contributed by atoms with Gasteiger partial charge >= 0.3 is 6.18 Å². The van der Waals surface area contributed by atoms with E-state index in [1.54, 1.807) is 0 Å². The second-order valence-electron chi connectivity index (χ2n) is 5.64. The molecule has 1 aromatic carbocycles. The summed E-state index contributed by atoms with van der Waals surface area (Å²) in [5.74, 6) is -4.80. The van der Waals surface area contributed by atoms with E-state index in [1.807, 2.05) is 5.32 Å². The minimum absolute atomic E-state index is 0.237. The van der Waals surface area contributed by atoms with Crippen LogP contribution in [0.15, 0.2) is 30.6 Å². The smallest absolute Gasteiger partial charge is 0.358 e. The Hall–Kier alpha value is -2.82. The molecule has 28 heavy (non-hydrogen) atoms. The minimum atomic E-state index is -4.69. The maximum absolute atomic E-state index is 14.2. The fourth-order valence-electron chi connectivity index (χ4n) is 2.31. The predicted molar refractivity (Wildman–Crippen MR) is 88.6 cm³/mol. The van der Waals surface area contributed by atoms with Crippen LogP contribution in [0.5, 0.6) is 0 Å². The van der Waals surface area contributed by atoms with Gasteiger partial charge in [-0.3, -0.25) is 0 Å². The first-order chi connectivity index (χ1) is 13.1. The van der Waals surface area contributed by atoms with Crippen molar-refractivity contribution in [1.29, 1.82) is 0 Å². The van der Waals surface area contributed by atoms with Crippen molar-refractivity contribution in [2.45, 2.75) is 19.1 Å². The zero-order valence-corrected chi connectivity index (χ0v) is 14.7. The quantitative estimate of drug-likeness (QED) is 0.487.